The van der Waals surface area contributed by atoms with Gasteiger partial charge in [-0.3, -0.25) is 14.7 Å². The second-order valence-corrected chi connectivity index (χ2v) is 7.60. The molecule has 0 aliphatic carbocycles. The van der Waals surface area contributed by atoms with Crippen molar-refractivity contribution in [1.82, 2.24) is 9.88 Å². The predicted octanol–water partition coefficient (Wildman–Crippen LogP) is 3.81. The molecular formula is C25H27N3O4. The zero-order valence-corrected chi connectivity index (χ0v) is 18.4. The molecule has 0 fully saturated rings. The average Bonchev–Trinajstić information content (AvgIpc) is 2.82. The van der Waals surface area contributed by atoms with Gasteiger partial charge < -0.3 is 14.8 Å². The molecule has 3 aromatic rings. The van der Waals surface area contributed by atoms with Gasteiger partial charge in [0.1, 0.15) is 5.75 Å². The molecule has 2 heterocycles. The van der Waals surface area contributed by atoms with Crippen molar-refractivity contribution in [2.24, 2.45) is 0 Å². The van der Waals surface area contributed by atoms with Crippen LogP contribution in [0.2, 0.25) is 0 Å². The first-order valence-corrected chi connectivity index (χ1v) is 10.9. The van der Waals surface area contributed by atoms with Crippen LogP contribution in [0.25, 0.3) is 10.9 Å². The number of pyridine rings is 1. The second-order valence-electron chi connectivity index (χ2n) is 7.60. The highest BCUT2D eigenvalue weighted by atomic mass is 16.5. The van der Waals surface area contributed by atoms with E-state index in [1.54, 1.807) is 18.2 Å². The van der Waals surface area contributed by atoms with Crippen LogP contribution < -0.4 is 10.1 Å². The number of amides is 1. The van der Waals surface area contributed by atoms with Crippen molar-refractivity contribution in [2.75, 3.05) is 31.6 Å². The van der Waals surface area contributed by atoms with Crippen molar-refractivity contribution in [3.8, 4) is 5.75 Å². The number of hydrogen-bond acceptors (Lipinski definition) is 6. The molecule has 0 unspecified atom stereocenters. The SMILES string of the molecule is CCOc1ccccc1NC(=O)COC(=O)c1c2c(nc3ccccc13)CCN(CC)C2. The summed E-state index contributed by atoms with van der Waals surface area (Å²) in [6.07, 6.45) is 0.781. The highest BCUT2D eigenvalue weighted by Crippen LogP contribution is 2.29. The highest BCUT2D eigenvalue weighted by molar-refractivity contribution is 6.06. The minimum absolute atomic E-state index is 0.387. The van der Waals surface area contributed by atoms with E-state index < -0.39 is 11.9 Å². The number of nitrogens with zero attached hydrogens (tertiary/aromatic N) is 2. The molecule has 0 atom stereocenters. The molecular weight excluding hydrogens is 406 g/mol. The van der Waals surface area contributed by atoms with E-state index >= 15 is 0 Å². The molecule has 0 saturated heterocycles. The summed E-state index contributed by atoms with van der Waals surface area (Å²) in [5.74, 6) is -0.359. The maximum atomic E-state index is 13.2. The Bertz CT molecular complexity index is 1150. The lowest BCUT2D eigenvalue weighted by molar-refractivity contribution is -0.119. The molecule has 4 rings (SSSR count). The van der Waals surface area contributed by atoms with Gasteiger partial charge in [0.25, 0.3) is 5.91 Å². The predicted molar refractivity (Wildman–Crippen MR) is 123 cm³/mol. The average molecular weight is 434 g/mol. The van der Waals surface area contributed by atoms with Gasteiger partial charge in [-0.2, -0.15) is 0 Å². The molecule has 1 aromatic heterocycles. The van der Waals surface area contributed by atoms with E-state index in [1.807, 2.05) is 37.3 Å². The number of carbonyl (C=O) groups excluding carboxylic acids is 2. The number of carbonyl (C=O) groups is 2. The van der Waals surface area contributed by atoms with Crippen molar-refractivity contribution >= 4 is 28.5 Å². The topological polar surface area (TPSA) is 80.8 Å². The maximum Gasteiger partial charge on any atom is 0.339 e. The molecule has 2 aromatic carbocycles. The molecule has 1 amide bonds. The molecule has 0 saturated carbocycles. The normalized spacial score (nSPS) is 13.4. The first kappa shape index (κ1) is 21.8. The number of aromatic nitrogens is 1. The van der Waals surface area contributed by atoms with Crippen LogP contribution in [0.4, 0.5) is 5.69 Å². The van der Waals surface area contributed by atoms with Crippen LogP contribution in [0, 0.1) is 0 Å². The van der Waals surface area contributed by atoms with Crippen LogP contribution in [0.1, 0.15) is 35.5 Å². The third-order valence-electron chi connectivity index (χ3n) is 5.57. The number of ether oxygens (including phenoxy) is 2. The van der Waals surface area contributed by atoms with Gasteiger partial charge in [0.2, 0.25) is 0 Å². The molecule has 0 bridgehead atoms. The van der Waals surface area contributed by atoms with Crippen LogP contribution in [0.5, 0.6) is 5.75 Å². The Morgan fingerprint density at radius 2 is 1.88 bits per heavy atom. The molecule has 32 heavy (non-hydrogen) atoms. The number of fused-ring (bicyclic) bond motifs is 2. The molecule has 1 aliphatic rings. The molecule has 1 N–H and O–H groups in total. The fraction of sp³-hybridized carbons (Fsp3) is 0.320. The van der Waals surface area contributed by atoms with Gasteiger partial charge in [-0.05, 0) is 31.7 Å². The number of nitrogens with one attached hydrogen (secondary N) is 1. The van der Waals surface area contributed by atoms with E-state index in [-0.39, 0.29) is 6.61 Å². The van der Waals surface area contributed by atoms with E-state index in [4.69, 9.17) is 14.5 Å². The minimum atomic E-state index is -0.508. The van der Waals surface area contributed by atoms with E-state index in [2.05, 4.69) is 17.1 Å². The summed E-state index contributed by atoms with van der Waals surface area (Å²) in [5, 5.41) is 3.50. The van der Waals surface area contributed by atoms with Crippen LogP contribution in [-0.4, -0.2) is 48.1 Å². The number of esters is 1. The molecule has 7 heteroatoms. The van der Waals surface area contributed by atoms with Gasteiger partial charge in [-0.15, -0.1) is 0 Å². The number of hydrogen-bond donors (Lipinski definition) is 1. The van der Waals surface area contributed by atoms with Crippen molar-refractivity contribution in [3.63, 3.8) is 0 Å². The first-order valence-electron chi connectivity index (χ1n) is 10.9. The van der Waals surface area contributed by atoms with Gasteiger partial charge in [-0.25, -0.2) is 4.79 Å². The van der Waals surface area contributed by atoms with E-state index in [9.17, 15) is 9.59 Å². The Labute approximate surface area is 187 Å². The number of rotatable bonds is 7. The number of likely N-dealkylation sites (N-methyl/N-ethyl adjacent to an activating group) is 1. The van der Waals surface area contributed by atoms with E-state index in [0.29, 0.717) is 30.2 Å². The standard InChI is InChI=1S/C25H27N3O4/c1-3-28-14-13-20-18(15-28)24(17-9-5-6-10-19(17)26-20)25(30)32-16-23(29)27-21-11-7-8-12-22(21)31-4-2/h5-12H,3-4,13-16H2,1-2H3,(H,27,29). The lowest BCUT2D eigenvalue weighted by atomic mass is 9.96. The summed E-state index contributed by atoms with van der Waals surface area (Å²) in [7, 11) is 0. The van der Waals surface area contributed by atoms with Gasteiger partial charge in [0.15, 0.2) is 6.61 Å². The Hall–Kier alpha value is -3.45. The summed E-state index contributed by atoms with van der Waals surface area (Å²) >= 11 is 0. The smallest absolute Gasteiger partial charge is 0.339 e. The Morgan fingerprint density at radius 3 is 2.69 bits per heavy atom. The second kappa shape index (κ2) is 9.78. The molecule has 0 spiro atoms. The van der Waals surface area contributed by atoms with Crippen molar-refractivity contribution in [2.45, 2.75) is 26.8 Å². The third kappa shape index (κ3) is 4.57. The van der Waals surface area contributed by atoms with Crippen LogP contribution in [-0.2, 0) is 22.5 Å². The van der Waals surface area contributed by atoms with Crippen LogP contribution in [0.3, 0.4) is 0 Å². The number of para-hydroxylation sites is 3. The monoisotopic (exact) mass is 433 g/mol. The molecule has 1 aliphatic heterocycles. The lowest BCUT2D eigenvalue weighted by Crippen LogP contribution is -2.32. The first-order chi connectivity index (χ1) is 15.6. The zero-order valence-electron chi connectivity index (χ0n) is 18.4. The Balaban J connectivity index is 1.55. The van der Waals surface area contributed by atoms with Gasteiger partial charge in [-0.1, -0.05) is 37.3 Å². The van der Waals surface area contributed by atoms with Crippen molar-refractivity contribution in [1.29, 1.82) is 0 Å². The van der Waals surface area contributed by atoms with Crippen LogP contribution in [0.15, 0.2) is 48.5 Å². The largest absolute Gasteiger partial charge is 0.492 e. The summed E-state index contributed by atoms with van der Waals surface area (Å²) in [5.41, 5.74) is 3.63. The summed E-state index contributed by atoms with van der Waals surface area (Å²) < 4.78 is 11.0. The summed E-state index contributed by atoms with van der Waals surface area (Å²) in [6.45, 7) is 6.51. The zero-order chi connectivity index (χ0) is 22.5. The minimum Gasteiger partial charge on any atom is -0.492 e. The highest BCUT2D eigenvalue weighted by Gasteiger charge is 2.26. The molecule has 166 valence electrons. The fourth-order valence-electron chi connectivity index (χ4n) is 3.99. The fourth-order valence-corrected chi connectivity index (χ4v) is 3.99. The van der Waals surface area contributed by atoms with Gasteiger partial charge in [0.05, 0.1) is 23.4 Å². The van der Waals surface area contributed by atoms with Gasteiger partial charge in [0, 0.05) is 36.2 Å². The summed E-state index contributed by atoms with van der Waals surface area (Å²) in [6, 6.07) is 14.7. The van der Waals surface area contributed by atoms with E-state index in [1.165, 1.54) is 0 Å². The van der Waals surface area contributed by atoms with Crippen LogP contribution >= 0.6 is 0 Å². The van der Waals surface area contributed by atoms with Gasteiger partial charge >= 0.3 is 5.97 Å². The lowest BCUT2D eigenvalue weighted by Gasteiger charge is -2.28. The molecule has 0 radical (unpaired) electrons. The number of benzene rings is 2. The number of anilines is 1. The van der Waals surface area contributed by atoms with Crippen molar-refractivity contribution in [3.05, 3.63) is 65.4 Å². The Morgan fingerprint density at radius 1 is 1.09 bits per heavy atom. The van der Waals surface area contributed by atoms with Crippen molar-refractivity contribution < 1.29 is 19.1 Å². The van der Waals surface area contributed by atoms with E-state index in [0.717, 1.165) is 41.7 Å². The summed E-state index contributed by atoms with van der Waals surface area (Å²) in [4.78, 5) is 32.7. The molecule has 7 nitrogen and oxygen atoms in total. The maximum absolute atomic E-state index is 13.2. The quantitative estimate of drug-likeness (QED) is 0.571. The Kier molecular flexibility index (Phi) is 6.66. The third-order valence-corrected chi connectivity index (χ3v) is 5.57.